The number of carbonyl (C=O) groups excluding carboxylic acids is 2. The molecule has 3 rings (SSSR count). The number of rotatable bonds is 2. The standard InChI is InChI=1S/C16H16FNO4/c1-21-15(19)8-6-7-11-14(12(8)16(20)22-2)13-9(17)4-3-5-10(13)18-11/h3-5,8,12,18H,6-7H2,1-2H3. The van der Waals surface area contributed by atoms with Crippen LogP contribution in [0.25, 0.3) is 10.9 Å². The first-order chi connectivity index (χ1) is 10.6. The Labute approximate surface area is 126 Å². The number of H-pyrrole nitrogens is 1. The summed E-state index contributed by atoms with van der Waals surface area (Å²) >= 11 is 0. The molecule has 1 aliphatic carbocycles. The minimum absolute atomic E-state index is 0.349. The number of halogens is 1. The van der Waals surface area contributed by atoms with Gasteiger partial charge in [-0.25, -0.2) is 4.39 Å². The van der Waals surface area contributed by atoms with Gasteiger partial charge in [-0.05, 0) is 30.5 Å². The molecule has 2 unspecified atom stereocenters. The molecular weight excluding hydrogens is 289 g/mol. The zero-order valence-electron chi connectivity index (χ0n) is 12.3. The van der Waals surface area contributed by atoms with Gasteiger partial charge in [-0.3, -0.25) is 9.59 Å². The summed E-state index contributed by atoms with van der Waals surface area (Å²) in [7, 11) is 2.54. The summed E-state index contributed by atoms with van der Waals surface area (Å²) < 4.78 is 23.9. The van der Waals surface area contributed by atoms with Crippen LogP contribution in [0.4, 0.5) is 4.39 Å². The van der Waals surface area contributed by atoms with Gasteiger partial charge in [0.15, 0.2) is 0 Å². The molecule has 0 radical (unpaired) electrons. The molecule has 0 amide bonds. The first kappa shape index (κ1) is 14.6. The molecule has 1 N–H and O–H groups in total. The maximum atomic E-state index is 14.3. The number of esters is 2. The summed E-state index contributed by atoms with van der Waals surface area (Å²) in [5, 5.41) is 0.349. The predicted molar refractivity (Wildman–Crippen MR) is 76.8 cm³/mol. The Balaban J connectivity index is 2.24. The first-order valence-corrected chi connectivity index (χ1v) is 7.03. The van der Waals surface area contributed by atoms with Crippen molar-refractivity contribution >= 4 is 22.8 Å². The third-order valence-electron chi connectivity index (χ3n) is 4.27. The van der Waals surface area contributed by atoms with Crippen molar-refractivity contribution in [1.82, 2.24) is 4.98 Å². The molecular formula is C16H16FNO4. The van der Waals surface area contributed by atoms with Crippen molar-refractivity contribution in [3.05, 3.63) is 35.3 Å². The van der Waals surface area contributed by atoms with Gasteiger partial charge in [-0.2, -0.15) is 0 Å². The highest BCUT2D eigenvalue weighted by molar-refractivity contribution is 5.95. The van der Waals surface area contributed by atoms with Crippen LogP contribution in [-0.4, -0.2) is 31.1 Å². The van der Waals surface area contributed by atoms with Gasteiger partial charge in [0.2, 0.25) is 0 Å². The van der Waals surface area contributed by atoms with Crippen LogP contribution in [-0.2, 0) is 25.5 Å². The van der Waals surface area contributed by atoms with Gasteiger partial charge < -0.3 is 14.5 Å². The molecule has 0 saturated heterocycles. The van der Waals surface area contributed by atoms with Gasteiger partial charge in [0.1, 0.15) is 5.82 Å². The van der Waals surface area contributed by atoms with Crippen LogP contribution in [0.1, 0.15) is 23.6 Å². The molecule has 22 heavy (non-hydrogen) atoms. The van der Waals surface area contributed by atoms with Gasteiger partial charge in [-0.1, -0.05) is 6.07 Å². The lowest BCUT2D eigenvalue weighted by Crippen LogP contribution is -2.33. The van der Waals surface area contributed by atoms with E-state index in [1.165, 1.54) is 20.3 Å². The number of aromatic nitrogens is 1. The number of benzene rings is 1. The smallest absolute Gasteiger partial charge is 0.314 e. The van der Waals surface area contributed by atoms with Crippen LogP contribution >= 0.6 is 0 Å². The fraction of sp³-hybridized carbons (Fsp3) is 0.375. The zero-order valence-corrected chi connectivity index (χ0v) is 12.3. The molecule has 1 aliphatic rings. The summed E-state index contributed by atoms with van der Waals surface area (Å²) in [4.78, 5) is 27.4. The monoisotopic (exact) mass is 305 g/mol. The molecule has 1 aromatic heterocycles. The average molecular weight is 305 g/mol. The molecule has 0 saturated carbocycles. The second-order valence-electron chi connectivity index (χ2n) is 5.35. The van der Waals surface area contributed by atoms with Crippen molar-refractivity contribution in [3.63, 3.8) is 0 Å². The summed E-state index contributed by atoms with van der Waals surface area (Å²) in [5.41, 5.74) is 1.90. The molecule has 2 aromatic rings. The van der Waals surface area contributed by atoms with Crippen LogP contribution in [0.3, 0.4) is 0 Å². The van der Waals surface area contributed by atoms with Crippen molar-refractivity contribution in [2.24, 2.45) is 5.92 Å². The molecule has 5 nitrogen and oxygen atoms in total. The number of aryl methyl sites for hydroxylation is 1. The van der Waals surface area contributed by atoms with E-state index in [0.717, 1.165) is 5.69 Å². The topological polar surface area (TPSA) is 68.4 Å². The van der Waals surface area contributed by atoms with Crippen molar-refractivity contribution in [1.29, 1.82) is 0 Å². The summed E-state index contributed by atoms with van der Waals surface area (Å²) in [6.07, 6.45) is 1.00. The van der Waals surface area contributed by atoms with Crippen molar-refractivity contribution in [2.45, 2.75) is 18.8 Å². The summed E-state index contributed by atoms with van der Waals surface area (Å²) in [6, 6.07) is 4.69. The number of methoxy groups -OCH3 is 2. The van der Waals surface area contributed by atoms with Crippen LogP contribution in [0, 0.1) is 11.7 Å². The quantitative estimate of drug-likeness (QED) is 0.864. The van der Waals surface area contributed by atoms with Crippen molar-refractivity contribution < 1.29 is 23.5 Å². The third kappa shape index (κ3) is 2.06. The average Bonchev–Trinajstić information content (AvgIpc) is 2.92. The van der Waals surface area contributed by atoms with E-state index in [-0.39, 0.29) is 0 Å². The van der Waals surface area contributed by atoms with E-state index in [1.807, 2.05) is 0 Å². The lowest BCUT2D eigenvalue weighted by molar-refractivity contribution is -0.154. The highest BCUT2D eigenvalue weighted by atomic mass is 19.1. The van der Waals surface area contributed by atoms with Crippen LogP contribution in [0.5, 0.6) is 0 Å². The highest BCUT2D eigenvalue weighted by Gasteiger charge is 2.43. The van der Waals surface area contributed by atoms with Gasteiger partial charge >= 0.3 is 11.9 Å². The first-order valence-electron chi connectivity index (χ1n) is 7.03. The predicted octanol–water partition coefficient (Wildman–Crippen LogP) is 2.30. The van der Waals surface area contributed by atoms with Crippen molar-refractivity contribution in [2.75, 3.05) is 14.2 Å². The van der Waals surface area contributed by atoms with Crippen LogP contribution in [0.15, 0.2) is 18.2 Å². The van der Waals surface area contributed by atoms with Gasteiger partial charge in [0.25, 0.3) is 0 Å². The molecule has 0 aliphatic heterocycles. The van der Waals surface area contributed by atoms with E-state index in [0.29, 0.717) is 29.3 Å². The zero-order chi connectivity index (χ0) is 15.9. The van der Waals surface area contributed by atoms with E-state index >= 15 is 0 Å². The van der Waals surface area contributed by atoms with Crippen LogP contribution < -0.4 is 0 Å². The molecule has 1 heterocycles. The number of carbonyl (C=O) groups is 2. The van der Waals surface area contributed by atoms with Crippen molar-refractivity contribution in [3.8, 4) is 0 Å². The molecule has 6 heteroatoms. The SMILES string of the molecule is COC(=O)C1CCc2[nH]c3cccc(F)c3c2C1C(=O)OC. The number of hydrogen-bond acceptors (Lipinski definition) is 4. The van der Waals surface area contributed by atoms with E-state index in [2.05, 4.69) is 4.98 Å². The fourth-order valence-corrected chi connectivity index (χ4v) is 3.31. The lowest BCUT2D eigenvalue weighted by Gasteiger charge is -2.28. The van der Waals surface area contributed by atoms with Crippen LogP contribution in [0.2, 0.25) is 0 Å². The van der Waals surface area contributed by atoms with Gasteiger partial charge in [0.05, 0.1) is 26.1 Å². The summed E-state index contributed by atoms with van der Waals surface area (Å²) in [6.45, 7) is 0. The van der Waals surface area contributed by atoms with E-state index < -0.39 is 29.6 Å². The number of aromatic amines is 1. The number of hydrogen-bond donors (Lipinski definition) is 1. The Bertz CT molecular complexity index is 752. The Morgan fingerprint density at radius 3 is 2.64 bits per heavy atom. The third-order valence-corrected chi connectivity index (χ3v) is 4.27. The van der Waals surface area contributed by atoms with E-state index in [4.69, 9.17) is 9.47 Å². The summed E-state index contributed by atoms with van der Waals surface area (Å²) in [5.74, 6) is -2.97. The number of nitrogens with one attached hydrogen (secondary N) is 1. The molecule has 1 aromatic carbocycles. The fourth-order valence-electron chi connectivity index (χ4n) is 3.31. The van der Waals surface area contributed by atoms with Gasteiger partial charge in [0, 0.05) is 16.6 Å². The van der Waals surface area contributed by atoms with E-state index in [1.54, 1.807) is 12.1 Å². The molecule has 0 bridgehead atoms. The van der Waals surface area contributed by atoms with E-state index in [9.17, 15) is 14.0 Å². The lowest BCUT2D eigenvalue weighted by atomic mass is 9.76. The second-order valence-corrected chi connectivity index (χ2v) is 5.35. The maximum Gasteiger partial charge on any atom is 0.314 e. The Morgan fingerprint density at radius 2 is 1.95 bits per heavy atom. The Kier molecular flexibility index (Phi) is 3.60. The minimum atomic E-state index is -0.855. The van der Waals surface area contributed by atoms with Gasteiger partial charge in [-0.15, -0.1) is 0 Å². The minimum Gasteiger partial charge on any atom is -0.469 e. The molecule has 2 atom stereocenters. The number of ether oxygens (including phenoxy) is 2. The Hall–Kier alpha value is -2.37. The molecule has 116 valence electrons. The largest absolute Gasteiger partial charge is 0.469 e. The highest BCUT2D eigenvalue weighted by Crippen LogP contribution is 2.42. The normalized spacial score (nSPS) is 20.5. The molecule has 0 fully saturated rings. The maximum absolute atomic E-state index is 14.3. The molecule has 0 spiro atoms. The second kappa shape index (κ2) is 5.44. The Morgan fingerprint density at radius 1 is 1.23 bits per heavy atom. The number of fused-ring (bicyclic) bond motifs is 3.